The lowest BCUT2D eigenvalue weighted by Gasteiger charge is -2.14. The fraction of sp³-hybridized carbons (Fsp3) is 0.429. The maximum Gasteiger partial charge on any atom is 0.242 e. The van der Waals surface area contributed by atoms with Gasteiger partial charge >= 0.3 is 0 Å². The molecule has 3 rings (SSSR count). The standard InChI is InChI=1S/C14H17N3O/c1-16(2)13(18)9-17-7-3-4-11-8-12(10-5-6-10)15-14(11)17/h3-4,7-8,10H,5-6,9H2,1-2H3. The summed E-state index contributed by atoms with van der Waals surface area (Å²) in [6.45, 7) is 0.353. The molecule has 3 aliphatic rings. The third kappa shape index (κ3) is 1.98. The molecule has 1 fully saturated rings. The van der Waals surface area contributed by atoms with Gasteiger partial charge in [-0.2, -0.15) is 0 Å². The van der Waals surface area contributed by atoms with E-state index in [9.17, 15) is 4.79 Å². The Balaban J connectivity index is 1.94. The van der Waals surface area contributed by atoms with Crippen LogP contribution in [0.1, 0.15) is 24.5 Å². The molecule has 2 heterocycles. The number of hydrogen-bond acceptors (Lipinski definition) is 2. The van der Waals surface area contributed by atoms with Crippen LogP contribution in [0.3, 0.4) is 0 Å². The summed E-state index contributed by atoms with van der Waals surface area (Å²) in [6, 6.07) is 6.19. The molecule has 0 bridgehead atoms. The van der Waals surface area contributed by atoms with Gasteiger partial charge < -0.3 is 9.47 Å². The predicted octanol–water partition coefficient (Wildman–Crippen LogP) is 1.95. The van der Waals surface area contributed by atoms with Gasteiger partial charge in [0.1, 0.15) is 12.4 Å². The summed E-state index contributed by atoms with van der Waals surface area (Å²) in [5, 5.41) is 0. The van der Waals surface area contributed by atoms with Crippen LogP contribution in [0.25, 0.3) is 11.4 Å². The molecule has 18 heavy (non-hydrogen) atoms. The smallest absolute Gasteiger partial charge is 0.242 e. The third-order valence-electron chi connectivity index (χ3n) is 3.41. The average Bonchev–Trinajstić information content (AvgIpc) is 3.09. The Labute approximate surface area is 107 Å². The fourth-order valence-electron chi connectivity index (χ4n) is 2.12. The van der Waals surface area contributed by atoms with Crippen LogP contribution in [0, 0.1) is 0 Å². The van der Waals surface area contributed by atoms with Crippen molar-refractivity contribution in [2.75, 3.05) is 14.1 Å². The molecule has 0 aromatic rings. The zero-order valence-electron chi connectivity index (χ0n) is 10.8. The van der Waals surface area contributed by atoms with Crippen LogP contribution in [-0.4, -0.2) is 34.5 Å². The molecule has 0 saturated heterocycles. The molecule has 0 unspecified atom stereocenters. The van der Waals surface area contributed by atoms with E-state index in [-0.39, 0.29) is 5.91 Å². The minimum Gasteiger partial charge on any atom is -0.347 e. The van der Waals surface area contributed by atoms with Crippen LogP contribution in [0.2, 0.25) is 0 Å². The Morgan fingerprint density at radius 3 is 2.94 bits per heavy atom. The number of carbonyl (C=O) groups is 1. The number of likely N-dealkylation sites (N-methyl/N-ethyl adjacent to an activating group) is 1. The quantitative estimate of drug-likeness (QED) is 0.826. The Kier molecular flexibility index (Phi) is 2.58. The first-order valence-corrected chi connectivity index (χ1v) is 6.31. The first-order chi connectivity index (χ1) is 8.65. The van der Waals surface area contributed by atoms with Gasteiger partial charge in [0.2, 0.25) is 5.91 Å². The Morgan fingerprint density at radius 2 is 2.28 bits per heavy atom. The van der Waals surface area contributed by atoms with Crippen molar-refractivity contribution in [1.82, 2.24) is 14.5 Å². The average molecular weight is 243 g/mol. The molecule has 4 nitrogen and oxygen atoms in total. The highest BCUT2D eigenvalue weighted by molar-refractivity contribution is 5.76. The molecule has 94 valence electrons. The van der Waals surface area contributed by atoms with Crippen LogP contribution in [0.5, 0.6) is 0 Å². The van der Waals surface area contributed by atoms with E-state index in [2.05, 4.69) is 17.1 Å². The van der Waals surface area contributed by atoms with Crippen LogP contribution in [0.4, 0.5) is 0 Å². The zero-order chi connectivity index (χ0) is 12.7. The number of carbonyl (C=O) groups excluding carboxylic acids is 1. The van der Waals surface area contributed by atoms with Crippen LogP contribution < -0.4 is 0 Å². The maximum absolute atomic E-state index is 11.8. The molecule has 4 heteroatoms. The van der Waals surface area contributed by atoms with Crippen molar-refractivity contribution >= 4 is 5.91 Å². The summed E-state index contributed by atoms with van der Waals surface area (Å²) in [7, 11) is 3.55. The van der Waals surface area contributed by atoms with E-state index in [1.54, 1.807) is 19.0 Å². The molecule has 2 aliphatic heterocycles. The lowest BCUT2D eigenvalue weighted by Crippen LogP contribution is -2.26. The highest BCUT2D eigenvalue weighted by Gasteiger charge is 2.27. The SMILES string of the molecule is CN(C)C(=O)Cn1cccc2cc(C3CC3)nc1-2. The summed E-state index contributed by atoms with van der Waals surface area (Å²) in [4.78, 5) is 18.1. The molecule has 0 aromatic heterocycles. The van der Waals surface area contributed by atoms with Gasteiger partial charge in [0.05, 0.1) is 0 Å². The number of hydrogen-bond donors (Lipinski definition) is 0. The summed E-state index contributed by atoms with van der Waals surface area (Å²) < 4.78 is 1.93. The molecule has 0 atom stereocenters. The summed E-state index contributed by atoms with van der Waals surface area (Å²) >= 11 is 0. The first-order valence-electron chi connectivity index (χ1n) is 6.31. The number of amides is 1. The van der Waals surface area contributed by atoms with Gasteiger partial charge in [0.15, 0.2) is 0 Å². The topological polar surface area (TPSA) is 38.1 Å². The van der Waals surface area contributed by atoms with E-state index in [0.717, 1.165) is 11.4 Å². The molecule has 0 N–H and O–H groups in total. The monoisotopic (exact) mass is 243 g/mol. The number of pyridine rings is 1. The van der Waals surface area contributed by atoms with Gasteiger partial charge in [-0.25, -0.2) is 4.98 Å². The Morgan fingerprint density at radius 1 is 1.50 bits per heavy atom. The second kappa shape index (κ2) is 4.12. The largest absolute Gasteiger partial charge is 0.347 e. The van der Waals surface area contributed by atoms with Crippen molar-refractivity contribution in [1.29, 1.82) is 0 Å². The lowest BCUT2D eigenvalue weighted by molar-refractivity contribution is -0.129. The normalized spacial score (nSPS) is 15.0. The van der Waals surface area contributed by atoms with E-state index in [4.69, 9.17) is 0 Å². The minimum atomic E-state index is 0.0865. The minimum absolute atomic E-state index is 0.0865. The molecular formula is C14H17N3O. The highest BCUT2D eigenvalue weighted by atomic mass is 16.2. The predicted molar refractivity (Wildman–Crippen MR) is 69.5 cm³/mol. The number of fused-ring (bicyclic) bond motifs is 1. The highest BCUT2D eigenvalue weighted by Crippen LogP contribution is 2.41. The van der Waals surface area contributed by atoms with Crippen molar-refractivity contribution in [2.45, 2.75) is 25.3 Å². The van der Waals surface area contributed by atoms with Gasteiger partial charge in [0, 0.05) is 37.5 Å². The molecule has 1 aliphatic carbocycles. The first kappa shape index (κ1) is 11.3. The van der Waals surface area contributed by atoms with E-state index in [1.165, 1.54) is 18.5 Å². The van der Waals surface area contributed by atoms with Gasteiger partial charge in [-0.05, 0) is 31.0 Å². The van der Waals surface area contributed by atoms with Crippen LogP contribution >= 0.6 is 0 Å². The molecule has 0 spiro atoms. The Hall–Kier alpha value is -1.84. The number of aromatic nitrogens is 2. The lowest BCUT2D eigenvalue weighted by atomic mass is 10.2. The Bertz CT molecular complexity index is 554. The molecule has 1 amide bonds. The van der Waals surface area contributed by atoms with E-state index in [0.29, 0.717) is 12.5 Å². The second-order valence-corrected chi connectivity index (χ2v) is 5.16. The fourth-order valence-corrected chi connectivity index (χ4v) is 2.12. The number of nitrogens with zero attached hydrogens (tertiary/aromatic N) is 3. The van der Waals surface area contributed by atoms with Gasteiger partial charge in [-0.3, -0.25) is 4.79 Å². The van der Waals surface area contributed by atoms with Crippen molar-refractivity contribution in [2.24, 2.45) is 0 Å². The molecule has 0 radical (unpaired) electrons. The van der Waals surface area contributed by atoms with E-state index >= 15 is 0 Å². The number of rotatable bonds is 3. The van der Waals surface area contributed by atoms with E-state index in [1.807, 2.05) is 16.8 Å². The van der Waals surface area contributed by atoms with E-state index < -0.39 is 0 Å². The summed E-state index contributed by atoms with van der Waals surface area (Å²) in [5.41, 5.74) is 2.31. The van der Waals surface area contributed by atoms with Crippen molar-refractivity contribution in [3.63, 3.8) is 0 Å². The van der Waals surface area contributed by atoms with Crippen molar-refractivity contribution in [3.05, 3.63) is 30.1 Å². The van der Waals surface area contributed by atoms with Gasteiger partial charge in [-0.15, -0.1) is 0 Å². The second-order valence-electron chi connectivity index (χ2n) is 5.16. The van der Waals surface area contributed by atoms with Crippen molar-refractivity contribution < 1.29 is 4.79 Å². The molecule has 0 aromatic carbocycles. The zero-order valence-corrected chi connectivity index (χ0v) is 10.8. The van der Waals surface area contributed by atoms with Gasteiger partial charge in [-0.1, -0.05) is 0 Å². The third-order valence-corrected chi connectivity index (χ3v) is 3.41. The van der Waals surface area contributed by atoms with Gasteiger partial charge in [0.25, 0.3) is 0 Å². The summed E-state index contributed by atoms with van der Waals surface area (Å²) in [6.07, 6.45) is 4.42. The molecular weight excluding hydrogens is 226 g/mol. The van der Waals surface area contributed by atoms with Crippen LogP contribution in [-0.2, 0) is 11.3 Å². The molecule has 1 saturated carbocycles. The van der Waals surface area contributed by atoms with Crippen LogP contribution in [0.15, 0.2) is 24.4 Å². The maximum atomic E-state index is 11.8. The summed E-state index contributed by atoms with van der Waals surface area (Å²) in [5.74, 6) is 1.66. The van der Waals surface area contributed by atoms with Crippen molar-refractivity contribution in [3.8, 4) is 11.4 Å².